The molecule has 2 aromatic carbocycles. The Morgan fingerprint density at radius 1 is 0.903 bits per heavy atom. The molecule has 7 nitrogen and oxygen atoms in total. The highest BCUT2D eigenvalue weighted by Crippen LogP contribution is 2.16. The van der Waals surface area contributed by atoms with Crippen LogP contribution in [0.3, 0.4) is 0 Å². The van der Waals surface area contributed by atoms with Crippen LogP contribution in [0.1, 0.15) is 30.6 Å². The summed E-state index contributed by atoms with van der Waals surface area (Å²) < 4.78 is 5.34. The molecule has 3 rings (SSSR count). The molecule has 1 fully saturated rings. The fraction of sp³-hybridized carbons (Fsp3) is 0.375. The van der Waals surface area contributed by atoms with Gasteiger partial charge in [-0.1, -0.05) is 36.4 Å². The second-order valence-electron chi connectivity index (χ2n) is 7.72. The van der Waals surface area contributed by atoms with E-state index in [1.165, 1.54) is 0 Å². The number of benzene rings is 2. The number of nitrogens with one attached hydrogen (secondary N) is 1. The van der Waals surface area contributed by atoms with Gasteiger partial charge in [-0.25, -0.2) is 0 Å². The van der Waals surface area contributed by atoms with E-state index < -0.39 is 18.1 Å². The number of nitrogens with zero attached hydrogens (tertiary/aromatic N) is 2. The number of piperazine rings is 1. The van der Waals surface area contributed by atoms with Gasteiger partial charge in [0.05, 0.1) is 6.42 Å². The lowest BCUT2D eigenvalue weighted by Crippen LogP contribution is -2.51. The Kier molecular flexibility index (Phi) is 7.65. The van der Waals surface area contributed by atoms with E-state index in [0.717, 1.165) is 18.8 Å². The average molecular weight is 424 g/mol. The Bertz CT molecular complexity index is 880. The summed E-state index contributed by atoms with van der Waals surface area (Å²) in [6.45, 7) is 5.96. The van der Waals surface area contributed by atoms with Gasteiger partial charge in [0.25, 0.3) is 11.8 Å². The summed E-state index contributed by atoms with van der Waals surface area (Å²) in [6, 6.07) is 18.5. The van der Waals surface area contributed by atoms with E-state index in [0.29, 0.717) is 18.7 Å². The molecular formula is C24H29N3O4. The van der Waals surface area contributed by atoms with Gasteiger partial charge in [-0.3, -0.25) is 14.4 Å². The molecule has 1 aliphatic rings. The SMILES string of the molecule is CC(CC(=O)OC(C)C(=O)N1CCN(c2ccccc2)CC1)NC(=O)c1ccccc1. The van der Waals surface area contributed by atoms with Crippen LogP contribution >= 0.6 is 0 Å². The normalized spacial score (nSPS) is 15.7. The third-order valence-corrected chi connectivity index (χ3v) is 5.25. The van der Waals surface area contributed by atoms with E-state index in [-0.39, 0.29) is 18.2 Å². The van der Waals surface area contributed by atoms with Crippen molar-refractivity contribution in [3.8, 4) is 0 Å². The van der Waals surface area contributed by atoms with Crippen LogP contribution in [0.4, 0.5) is 5.69 Å². The lowest BCUT2D eigenvalue weighted by atomic mass is 10.2. The largest absolute Gasteiger partial charge is 0.452 e. The van der Waals surface area contributed by atoms with E-state index in [1.54, 1.807) is 43.0 Å². The smallest absolute Gasteiger partial charge is 0.308 e. The Morgan fingerprint density at radius 3 is 2.10 bits per heavy atom. The fourth-order valence-corrected chi connectivity index (χ4v) is 3.57. The van der Waals surface area contributed by atoms with Crippen molar-refractivity contribution >= 4 is 23.5 Å². The van der Waals surface area contributed by atoms with Crippen molar-refractivity contribution in [2.45, 2.75) is 32.4 Å². The van der Waals surface area contributed by atoms with E-state index in [4.69, 9.17) is 4.74 Å². The van der Waals surface area contributed by atoms with Gasteiger partial charge < -0.3 is 19.9 Å². The van der Waals surface area contributed by atoms with Crippen LogP contribution in [-0.4, -0.2) is 61.0 Å². The predicted molar refractivity (Wildman–Crippen MR) is 119 cm³/mol. The highest BCUT2D eigenvalue weighted by molar-refractivity contribution is 5.94. The van der Waals surface area contributed by atoms with E-state index in [1.807, 2.05) is 24.3 Å². The number of anilines is 1. The number of ether oxygens (including phenoxy) is 1. The van der Waals surface area contributed by atoms with Gasteiger partial charge >= 0.3 is 5.97 Å². The van der Waals surface area contributed by atoms with Crippen LogP contribution in [0.5, 0.6) is 0 Å². The number of carbonyl (C=O) groups is 3. The molecule has 1 heterocycles. The van der Waals surface area contributed by atoms with Gasteiger partial charge in [-0.2, -0.15) is 0 Å². The molecule has 7 heteroatoms. The maximum absolute atomic E-state index is 12.7. The van der Waals surface area contributed by atoms with Crippen LogP contribution in [0.2, 0.25) is 0 Å². The maximum Gasteiger partial charge on any atom is 0.308 e. The number of rotatable bonds is 7. The zero-order chi connectivity index (χ0) is 22.2. The van der Waals surface area contributed by atoms with Crippen molar-refractivity contribution in [3.05, 3.63) is 66.2 Å². The number of esters is 1. The van der Waals surface area contributed by atoms with Crippen molar-refractivity contribution < 1.29 is 19.1 Å². The van der Waals surface area contributed by atoms with Crippen molar-refractivity contribution in [2.75, 3.05) is 31.1 Å². The zero-order valence-corrected chi connectivity index (χ0v) is 18.0. The molecule has 2 atom stereocenters. The van der Waals surface area contributed by atoms with Gasteiger partial charge in [0.15, 0.2) is 6.10 Å². The average Bonchev–Trinajstić information content (AvgIpc) is 2.79. The van der Waals surface area contributed by atoms with Crippen LogP contribution in [0.25, 0.3) is 0 Å². The van der Waals surface area contributed by atoms with Crippen LogP contribution in [0, 0.1) is 0 Å². The zero-order valence-electron chi connectivity index (χ0n) is 18.0. The molecule has 31 heavy (non-hydrogen) atoms. The summed E-state index contributed by atoms with van der Waals surface area (Å²) in [6.07, 6.45) is -0.856. The number of hydrogen-bond acceptors (Lipinski definition) is 5. The first-order valence-electron chi connectivity index (χ1n) is 10.6. The summed E-state index contributed by atoms with van der Waals surface area (Å²) in [7, 11) is 0. The third kappa shape index (κ3) is 6.31. The molecule has 0 aliphatic carbocycles. The van der Waals surface area contributed by atoms with Crippen LogP contribution in [0.15, 0.2) is 60.7 Å². The maximum atomic E-state index is 12.7. The number of para-hydroxylation sites is 1. The van der Waals surface area contributed by atoms with Gasteiger partial charge in [0.2, 0.25) is 0 Å². The predicted octanol–water partition coefficient (Wildman–Crippen LogP) is 2.48. The molecule has 2 unspecified atom stereocenters. The number of hydrogen-bond donors (Lipinski definition) is 1. The minimum atomic E-state index is -0.854. The minimum absolute atomic E-state index is 0.00201. The second-order valence-corrected chi connectivity index (χ2v) is 7.72. The van der Waals surface area contributed by atoms with Gasteiger partial charge in [-0.05, 0) is 38.1 Å². The molecule has 0 saturated carbocycles. The highest BCUT2D eigenvalue weighted by atomic mass is 16.5. The second kappa shape index (κ2) is 10.6. The minimum Gasteiger partial charge on any atom is -0.452 e. The van der Waals surface area contributed by atoms with E-state index >= 15 is 0 Å². The standard InChI is InChI=1S/C24H29N3O4/c1-18(25-23(29)20-9-5-3-6-10-20)17-22(28)31-19(2)24(30)27-15-13-26(14-16-27)21-11-7-4-8-12-21/h3-12,18-19H,13-17H2,1-2H3,(H,25,29). The first-order chi connectivity index (χ1) is 14.9. The lowest BCUT2D eigenvalue weighted by Gasteiger charge is -2.37. The first kappa shape index (κ1) is 22.3. The van der Waals surface area contributed by atoms with Crippen molar-refractivity contribution in [3.63, 3.8) is 0 Å². The molecule has 0 bridgehead atoms. The summed E-state index contributed by atoms with van der Waals surface area (Å²) >= 11 is 0. The van der Waals surface area contributed by atoms with Crippen molar-refractivity contribution in [2.24, 2.45) is 0 Å². The number of carbonyl (C=O) groups excluding carboxylic acids is 3. The van der Waals surface area contributed by atoms with Gasteiger partial charge in [0.1, 0.15) is 0 Å². The van der Waals surface area contributed by atoms with Crippen molar-refractivity contribution in [1.29, 1.82) is 0 Å². The van der Waals surface area contributed by atoms with Gasteiger partial charge in [-0.15, -0.1) is 0 Å². The monoisotopic (exact) mass is 423 g/mol. The van der Waals surface area contributed by atoms with Crippen LogP contribution in [-0.2, 0) is 14.3 Å². The molecular weight excluding hydrogens is 394 g/mol. The Hall–Kier alpha value is -3.35. The third-order valence-electron chi connectivity index (χ3n) is 5.25. The Balaban J connectivity index is 1.42. The Labute approximate surface area is 183 Å². The van der Waals surface area contributed by atoms with E-state index in [2.05, 4.69) is 22.3 Å². The van der Waals surface area contributed by atoms with Crippen LogP contribution < -0.4 is 10.2 Å². The molecule has 0 radical (unpaired) electrons. The molecule has 1 aliphatic heterocycles. The lowest BCUT2D eigenvalue weighted by molar-refractivity contribution is -0.159. The molecule has 2 amide bonds. The molecule has 164 valence electrons. The fourth-order valence-electron chi connectivity index (χ4n) is 3.57. The summed E-state index contributed by atoms with van der Waals surface area (Å²) in [5.41, 5.74) is 1.67. The molecule has 0 spiro atoms. The summed E-state index contributed by atoms with van der Waals surface area (Å²) in [4.78, 5) is 41.1. The molecule has 1 N–H and O–H groups in total. The molecule has 0 aromatic heterocycles. The Morgan fingerprint density at radius 2 is 1.48 bits per heavy atom. The molecule has 1 saturated heterocycles. The highest BCUT2D eigenvalue weighted by Gasteiger charge is 2.27. The van der Waals surface area contributed by atoms with E-state index in [9.17, 15) is 14.4 Å². The summed E-state index contributed by atoms with van der Waals surface area (Å²) in [5.74, 6) is -0.951. The molecule has 2 aromatic rings. The van der Waals surface area contributed by atoms with Crippen molar-refractivity contribution in [1.82, 2.24) is 10.2 Å². The van der Waals surface area contributed by atoms with Gasteiger partial charge in [0, 0.05) is 43.5 Å². The first-order valence-corrected chi connectivity index (χ1v) is 10.6. The number of amides is 2. The topological polar surface area (TPSA) is 79.0 Å². The quantitative estimate of drug-likeness (QED) is 0.692. The summed E-state index contributed by atoms with van der Waals surface area (Å²) in [5, 5.41) is 2.77.